The van der Waals surface area contributed by atoms with Crippen molar-refractivity contribution in [3.05, 3.63) is 7.05 Å². The second-order valence-electron chi connectivity index (χ2n) is 1.79. The molecule has 1 N–H and O–H groups in total. The van der Waals surface area contributed by atoms with Gasteiger partial charge in [-0.15, -0.1) is 0 Å². The van der Waals surface area contributed by atoms with Crippen molar-refractivity contribution in [2.24, 2.45) is 0 Å². The number of nitrogens with zero attached hydrogens (tertiary/aromatic N) is 1. The minimum absolute atomic E-state index is 0.270. The minimum atomic E-state index is 0.270. The van der Waals surface area contributed by atoms with E-state index in [1.54, 1.807) is 0 Å². The fourth-order valence-electron chi connectivity index (χ4n) is 0.452. The Balaban J connectivity index is 2.86. The van der Waals surface area contributed by atoms with Gasteiger partial charge < -0.3 is 10.0 Å². The van der Waals surface area contributed by atoms with Crippen molar-refractivity contribution < 1.29 is 5.11 Å². The predicted molar refractivity (Wildman–Crippen MR) is 34.3 cm³/mol. The molecule has 0 fully saturated rings. The standard InChI is InChI=1S/C6H14NO/c1-3-7(2)5-4-6-8/h8H,2-6H2,1H3. The Kier molecular flexibility index (Phi) is 5.01. The summed E-state index contributed by atoms with van der Waals surface area (Å²) in [6, 6.07) is 0. The zero-order valence-corrected chi connectivity index (χ0v) is 5.43. The zero-order chi connectivity index (χ0) is 6.41. The number of hydrogen-bond acceptors (Lipinski definition) is 2. The zero-order valence-electron chi connectivity index (χ0n) is 5.43. The van der Waals surface area contributed by atoms with Gasteiger partial charge in [-0.3, -0.25) is 0 Å². The molecule has 0 saturated carbocycles. The molecule has 2 nitrogen and oxygen atoms in total. The summed E-state index contributed by atoms with van der Waals surface area (Å²) in [5, 5.41) is 8.36. The van der Waals surface area contributed by atoms with Crippen molar-refractivity contribution >= 4 is 0 Å². The molecule has 0 aliphatic carbocycles. The van der Waals surface area contributed by atoms with Crippen molar-refractivity contribution in [1.29, 1.82) is 0 Å². The van der Waals surface area contributed by atoms with Crippen LogP contribution in [0.15, 0.2) is 0 Å². The van der Waals surface area contributed by atoms with Crippen LogP contribution in [0.2, 0.25) is 0 Å². The molecule has 0 aromatic carbocycles. The normalized spacial score (nSPS) is 10.5. The van der Waals surface area contributed by atoms with Crippen molar-refractivity contribution in [2.75, 3.05) is 19.7 Å². The summed E-state index contributed by atoms with van der Waals surface area (Å²) in [7, 11) is 3.72. The first-order valence-corrected chi connectivity index (χ1v) is 2.97. The largest absolute Gasteiger partial charge is 0.396 e. The molecule has 0 unspecified atom stereocenters. The molecule has 0 saturated heterocycles. The van der Waals surface area contributed by atoms with Crippen molar-refractivity contribution in [3.8, 4) is 0 Å². The molecule has 0 aliphatic heterocycles. The van der Waals surface area contributed by atoms with E-state index in [1.807, 2.05) is 11.8 Å². The highest BCUT2D eigenvalue weighted by molar-refractivity contribution is 4.49. The number of rotatable bonds is 4. The fourth-order valence-corrected chi connectivity index (χ4v) is 0.452. The summed E-state index contributed by atoms with van der Waals surface area (Å²) in [5.74, 6) is 0. The van der Waals surface area contributed by atoms with E-state index >= 15 is 0 Å². The highest BCUT2D eigenvalue weighted by Crippen LogP contribution is 1.85. The van der Waals surface area contributed by atoms with Crippen molar-refractivity contribution in [2.45, 2.75) is 13.3 Å². The Bertz CT molecular complexity index is 47.8. The molecule has 0 aromatic heterocycles. The molecule has 1 radical (unpaired) electrons. The third kappa shape index (κ3) is 4.09. The van der Waals surface area contributed by atoms with Crippen LogP contribution in [0.4, 0.5) is 0 Å². The van der Waals surface area contributed by atoms with Gasteiger partial charge in [0.15, 0.2) is 0 Å². The molecule has 0 atom stereocenters. The molecule has 0 bridgehead atoms. The van der Waals surface area contributed by atoms with Gasteiger partial charge in [0.2, 0.25) is 0 Å². The lowest BCUT2D eigenvalue weighted by molar-refractivity contribution is 0.260. The van der Waals surface area contributed by atoms with Crippen LogP contribution in [0.1, 0.15) is 13.3 Å². The Labute approximate surface area is 51.1 Å². The topological polar surface area (TPSA) is 23.5 Å². The van der Waals surface area contributed by atoms with E-state index in [0.29, 0.717) is 0 Å². The van der Waals surface area contributed by atoms with Crippen molar-refractivity contribution in [1.82, 2.24) is 4.90 Å². The average molecular weight is 116 g/mol. The van der Waals surface area contributed by atoms with E-state index in [0.717, 1.165) is 19.5 Å². The van der Waals surface area contributed by atoms with Crippen molar-refractivity contribution in [3.63, 3.8) is 0 Å². The summed E-state index contributed by atoms with van der Waals surface area (Å²) in [6.07, 6.45) is 0.831. The second kappa shape index (κ2) is 5.06. The molecule has 0 amide bonds. The Morgan fingerprint density at radius 2 is 2.25 bits per heavy atom. The van der Waals surface area contributed by atoms with E-state index < -0.39 is 0 Å². The first kappa shape index (κ1) is 7.92. The van der Waals surface area contributed by atoms with Crippen LogP contribution in [0.5, 0.6) is 0 Å². The molecule has 0 rings (SSSR count). The van der Waals surface area contributed by atoms with E-state index in [-0.39, 0.29) is 6.61 Å². The molecule has 0 spiro atoms. The van der Waals surface area contributed by atoms with Gasteiger partial charge in [0, 0.05) is 20.2 Å². The van der Waals surface area contributed by atoms with E-state index in [9.17, 15) is 0 Å². The van der Waals surface area contributed by atoms with Crippen LogP contribution in [0.3, 0.4) is 0 Å². The first-order chi connectivity index (χ1) is 3.81. The summed E-state index contributed by atoms with van der Waals surface area (Å²) < 4.78 is 0. The van der Waals surface area contributed by atoms with Crippen LogP contribution >= 0.6 is 0 Å². The number of hydrogen-bond donors (Lipinski definition) is 1. The summed E-state index contributed by atoms with van der Waals surface area (Å²) in [6.45, 7) is 4.17. The maximum absolute atomic E-state index is 8.36. The highest BCUT2D eigenvalue weighted by atomic mass is 16.3. The van der Waals surface area contributed by atoms with E-state index in [2.05, 4.69) is 7.05 Å². The molecule has 0 aliphatic rings. The summed E-state index contributed by atoms with van der Waals surface area (Å²) in [4.78, 5) is 1.93. The van der Waals surface area contributed by atoms with Gasteiger partial charge in [0.05, 0.1) is 0 Å². The molecule has 49 valence electrons. The van der Waals surface area contributed by atoms with E-state index in [1.165, 1.54) is 0 Å². The molecule has 2 heteroatoms. The smallest absolute Gasteiger partial charge is 0.0443 e. The maximum atomic E-state index is 8.36. The van der Waals surface area contributed by atoms with Gasteiger partial charge in [-0.1, -0.05) is 6.92 Å². The number of aliphatic hydroxyl groups is 1. The van der Waals surface area contributed by atoms with Crippen LogP contribution in [0, 0.1) is 7.05 Å². The summed E-state index contributed by atoms with van der Waals surface area (Å²) in [5.41, 5.74) is 0. The predicted octanol–water partition coefficient (Wildman–Crippen LogP) is 0.482. The molecule has 0 aromatic rings. The minimum Gasteiger partial charge on any atom is -0.396 e. The lowest BCUT2D eigenvalue weighted by atomic mass is 10.4. The summed E-state index contributed by atoms with van der Waals surface area (Å²) >= 11 is 0. The van der Waals surface area contributed by atoms with Gasteiger partial charge in [0.25, 0.3) is 0 Å². The Hall–Kier alpha value is -0.0800. The molecule has 0 heterocycles. The lowest BCUT2D eigenvalue weighted by Crippen LogP contribution is -2.16. The first-order valence-electron chi connectivity index (χ1n) is 2.97. The molecule has 8 heavy (non-hydrogen) atoms. The van der Waals surface area contributed by atoms with Crippen LogP contribution < -0.4 is 0 Å². The quantitative estimate of drug-likeness (QED) is 0.577. The van der Waals surface area contributed by atoms with Gasteiger partial charge in [-0.2, -0.15) is 0 Å². The fraction of sp³-hybridized carbons (Fsp3) is 0.833. The SMILES string of the molecule is [CH2]N(CC)CCCO. The third-order valence-electron chi connectivity index (χ3n) is 1.08. The third-order valence-corrected chi connectivity index (χ3v) is 1.08. The Morgan fingerprint density at radius 3 is 2.62 bits per heavy atom. The maximum Gasteiger partial charge on any atom is 0.0443 e. The average Bonchev–Trinajstić information content (AvgIpc) is 1.83. The Morgan fingerprint density at radius 1 is 1.62 bits per heavy atom. The number of aliphatic hydroxyl groups excluding tert-OH is 1. The van der Waals surface area contributed by atoms with Gasteiger partial charge in [0.1, 0.15) is 0 Å². The van der Waals surface area contributed by atoms with Gasteiger partial charge in [-0.05, 0) is 13.0 Å². The van der Waals surface area contributed by atoms with Crippen LogP contribution in [-0.4, -0.2) is 29.7 Å². The van der Waals surface area contributed by atoms with Gasteiger partial charge in [-0.25, -0.2) is 0 Å². The molecular weight excluding hydrogens is 102 g/mol. The second-order valence-corrected chi connectivity index (χ2v) is 1.79. The van der Waals surface area contributed by atoms with Crippen LogP contribution in [0.25, 0.3) is 0 Å². The molecular formula is C6H14NO. The monoisotopic (exact) mass is 116 g/mol. The van der Waals surface area contributed by atoms with Gasteiger partial charge >= 0.3 is 0 Å². The highest BCUT2D eigenvalue weighted by Gasteiger charge is 1.90. The van der Waals surface area contributed by atoms with E-state index in [4.69, 9.17) is 5.11 Å². The lowest BCUT2D eigenvalue weighted by Gasteiger charge is -2.10. The van der Waals surface area contributed by atoms with Crippen LogP contribution in [-0.2, 0) is 0 Å².